The number of morpholine rings is 1. The molecule has 0 radical (unpaired) electrons. The molecule has 1 aliphatic heterocycles. The predicted octanol–water partition coefficient (Wildman–Crippen LogP) is 0.890. The molecule has 0 spiro atoms. The lowest BCUT2D eigenvalue weighted by molar-refractivity contribution is -0.389. The Morgan fingerprint density at radius 1 is 1.70 bits per heavy atom. The van der Waals surface area contributed by atoms with E-state index in [-0.39, 0.29) is 24.6 Å². The summed E-state index contributed by atoms with van der Waals surface area (Å²) in [6.45, 7) is 2.61. The molecule has 0 aliphatic carbocycles. The fourth-order valence-electron chi connectivity index (χ4n) is 2.35. The molecule has 8 nitrogen and oxygen atoms in total. The molecule has 0 aromatic carbocycles. The number of aliphatic hydroxyl groups is 1. The summed E-state index contributed by atoms with van der Waals surface area (Å²) in [5, 5.41) is 22.3. The van der Waals surface area contributed by atoms with E-state index < -0.39 is 4.92 Å². The van der Waals surface area contributed by atoms with Crippen molar-refractivity contribution in [3.63, 3.8) is 0 Å². The van der Waals surface area contributed by atoms with Gasteiger partial charge in [-0.2, -0.15) is 9.38 Å². The summed E-state index contributed by atoms with van der Waals surface area (Å²) in [5.74, 6) is 0.308. The van der Waals surface area contributed by atoms with Crippen LogP contribution in [0.3, 0.4) is 0 Å². The van der Waals surface area contributed by atoms with E-state index in [1.165, 1.54) is 15.7 Å². The fourth-order valence-corrected chi connectivity index (χ4v) is 3.05. The van der Waals surface area contributed by atoms with Crippen LogP contribution in [0.1, 0.15) is 6.92 Å². The van der Waals surface area contributed by atoms with E-state index in [2.05, 4.69) is 4.98 Å². The third kappa shape index (κ3) is 2.03. The molecule has 1 fully saturated rings. The lowest BCUT2D eigenvalue weighted by Gasteiger charge is -2.37. The Labute approximate surface area is 118 Å². The molecule has 1 N–H and O–H groups in total. The molecular weight excluding hydrogens is 284 g/mol. The topological polar surface area (TPSA) is 93.1 Å². The van der Waals surface area contributed by atoms with Gasteiger partial charge in [0, 0.05) is 11.9 Å². The molecule has 2 aromatic rings. The van der Waals surface area contributed by atoms with Crippen molar-refractivity contribution in [3.05, 3.63) is 21.7 Å². The van der Waals surface area contributed by atoms with Gasteiger partial charge in [0.1, 0.15) is 6.20 Å². The minimum Gasteiger partial charge on any atom is -0.394 e. The van der Waals surface area contributed by atoms with Gasteiger partial charge in [-0.25, -0.2) is 0 Å². The number of aliphatic hydroxyl groups excluding tert-OH is 1. The van der Waals surface area contributed by atoms with Crippen LogP contribution in [-0.4, -0.2) is 51.3 Å². The van der Waals surface area contributed by atoms with Gasteiger partial charge in [0.2, 0.25) is 5.82 Å². The largest absolute Gasteiger partial charge is 0.394 e. The van der Waals surface area contributed by atoms with Crippen LogP contribution in [0.25, 0.3) is 4.96 Å². The van der Waals surface area contributed by atoms with E-state index in [9.17, 15) is 15.2 Å². The Morgan fingerprint density at radius 3 is 3.20 bits per heavy atom. The van der Waals surface area contributed by atoms with Crippen LogP contribution in [0.4, 0.5) is 11.6 Å². The lowest BCUT2D eigenvalue weighted by atomic mass is 10.2. The molecule has 1 saturated heterocycles. The van der Waals surface area contributed by atoms with Crippen LogP contribution in [0.2, 0.25) is 0 Å². The normalized spacial score (nSPS) is 23.4. The monoisotopic (exact) mass is 298 g/mol. The first kappa shape index (κ1) is 13.3. The van der Waals surface area contributed by atoms with Gasteiger partial charge in [-0.05, 0) is 11.8 Å². The summed E-state index contributed by atoms with van der Waals surface area (Å²) in [6.07, 6.45) is 1.30. The standard InChI is InChI=1S/C11H14N4O4S/c1-7-6-19-8(5-16)4-14(7)9-10(15(17)18)13-2-3-20-11(13)12-9/h2-3,7-8,16H,4-6H2,1H3. The molecule has 3 rings (SSSR count). The van der Waals surface area contributed by atoms with Crippen molar-refractivity contribution in [1.29, 1.82) is 0 Å². The Balaban J connectivity index is 2.05. The summed E-state index contributed by atoms with van der Waals surface area (Å²) < 4.78 is 6.94. The van der Waals surface area contributed by atoms with Crippen molar-refractivity contribution in [3.8, 4) is 0 Å². The molecule has 1 aliphatic rings. The number of aromatic nitrogens is 2. The second kappa shape index (κ2) is 5.00. The zero-order valence-corrected chi connectivity index (χ0v) is 11.6. The first-order valence-electron chi connectivity index (χ1n) is 6.21. The van der Waals surface area contributed by atoms with Gasteiger partial charge in [0.15, 0.2) is 0 Å². The number of hydrogen-bond donors (Lipinski definition) is 1. The number of anilines is 1. The Bertz CT molecular complexity index is 639. The Hall–Kier alpha value is -1.71. The third-order valence-corrected chi connectivity index (χ3v) is 4.13. The van der Waals surface area contributed by atoms with Gasteiger partial charge >= 0.3 is 5.82 Å². The molecule has 20 heavy (non-hydrogen) atoms. The van der Waals surface area contributed by atoms with Crippen LogP contribution >= 0.6 is 11.3 Å². The van der Waals surface area contributed by atoms with Crippen LogP contribution in [0.5, 0.6) is 0 Å². The Morgan fingerprint density at radius 2 is 2.50 bits per heavy atom. The first-order valence-corrected chi connectivity index (χ1v) is 7.08. The van der Waals surface area contributed by atoms with Crippen molar-refractivity contribution in [2.24, 2.45) is 0 Å². The molecule has 9 heteroatoms. The molecule has 0 bridgehead atoms. The quantitative estimate of drug-likeness (QED) is 0.668. The van der Waals surface area contributed by atoms with Crippen LogP contribution in [0.15, 0.2) is 11.6 Å². The van der Waals surface area contributed by atoms with Crippen molar-refractivity contribution < 1.29 is 14.8 Å². The molecule has 2 unspecified atom stereocenters. The van der Waals surface area contributed by atoms with E-state index in [4.69, 9.17) is 4.74 Å². The SMILES string of the molecule is CC1COC(CO)CN1c1nc2sccn2c1[N+](=O)[O-]. The maximum absolute atomic E-state index is 11.3. The molecule has 2 atom stereocenters. The molecular formula is C11H14N4O4S. The predicted molar refractivity (Wildman–Crippen MR) is 73.4 cm³/mol. The van der Waals surface area contributed by atoms with E-state index in [1.807, 2.05) is 11.8 Å². The number of imidazole rings is 1. The fraction of sp³-hybridized carbons (Fsp3) is 0.545. The minimum absolute atomic E-state index is 0.0268. The summed E-state index contributed by atoms with van der Waals surface area (Å²) >= 11 is 1.35. The molecule has 3 heterocycles. The van der Waals surface area contributed by atoms with Gasteiger partial charge < -0.3 is 24.9 Å². The first-order chi connectivity index (χ1) is 9.61. The highest BCUT2D eigenvalue weighted by Gasteiger charge is 2.34. The summed E-state index contributed by atoms with van der Waals surface area (Å²) in [5.41, 5.74) is 0. The number of thiazole rings is 1. The number of hydrogen-bond acceptors (Lipinski definition) is 7. The van der Waals surface area contributed by atoms with Gasteiger partial charge in [-0.15, -0.1) is 0 Å². The summed E-state index contributed by atoms with van der Waals surface area (Å²) in [7, 11) is 0. The van der Waals surface area contributed by atoms with Crippen molar-refractivity contribution >= 4 is 27.9 Å². The van der Waals surface area contributed by atoms with Crippen molar-refractivity contribution in [1.82, 2.24) is 9.38 Å². The number of ether oxygens (including phenoxy) is 1. The number of nitrogens with zero attached hydrogens (tertiary/aromatic N) is 4. The average molecular weight is 298 g/mol. The van der Waals surface area contributed by atoms with Crippen molar-refractivity contribution in [2.75, 3.05) is 24.7 Å². The molecule has 2 aromatic heterocycles. The minimum atomic E-state index is -0.418. The van der Waals surface area contributed by atoms with Crippen LogP contribution in [-0.2, 0) is 4.74 Å². The smallest absolute Gasteiger partial charge is 0.373 e. The number of rotatable bonds is 3. The summed E-state index contributed by atoms with van der Waals surface area (Å²) in [6, 6.07) is -0.0268. The zero-order valence-electron chi connectivity index (χ0n) is 10.8. The third-order valence-electron chi connectivity index (χ3n) is 3.37. The zero-order chi connectivity index (χ0) is 14.3. The highest BCUT2D eigenvalue weighted by molar-refractivity contribution is 7.15. The molecule has 0 amide bonds. The Kier molecular flexibility index (Phi) is 3.32. The number of fused-ring (bicyclic) bond motifs is 1. The van der Waals surface area contributed by atoms with E-state index in [1.54, 1.807) is 11.6 Å². The van der Waals surface area contributed by atoms with Crippen LogP contribution < -0.4 is 4.90 Å². The van der Waals surface area contributed by atoms with Gasteiger partial charge in [-0.3, -0.25) is 0 Å². The van der Waals surface area contributed by atoms with Gasteiger partial charge in [0.05, 0.1) is 25.4 Å². The lowest BCUT2D eigenvalue weighted by Crippen LogP contribution is -2.50. The molecule has 108 valence electrons. The van der Waals surface area contributed by atoms with Gasteiger partial charge in [0.25, 0.3) is 4.96 Å². The van der Waals surface area contributed by atoms with E-state index in [0.717, 1.165) is 0 Å². The van der Waals surface area contributed by atoms with Crippen LogP contribution in [0, 0.1) is 10.1 Å². The van der Waals surface area contributed by atoms with Crippen molar-refractivity contribution in [2.45, 2.75) is 19.1 Å². The van der Waals surface area contributed by atoms with E-state index in [0.29, 0.717) is 23.9 Å². The average Bonchev–Trinajstić information content (AvgIpc) is 2.98. The maximum Gasteiger partial charge on any atom is 0.373 e. The maximum atomic E-state index is 11.3. The highest BCUT2D eigenvalue weighted by atomic mass is 32.1. The second-order valence-corrected chi connectivity index (χ2v) is 5.58. The highest BCUT2D eigenvalue weighted by Crippen LogP contribution is 2.33. The summed E-state index contributed by atoms with van der Waals surface area (Å²) in [4.78, 5) is 17.7. The van der Waals surface area contributed by atoms with E-state index >= 15 is 0 Å². The molecule has 0 saturated carbocycles. The number of nitro groups is 1. The second-order valence-electron chi connectivity index (χ2n) is 4.71. The van der Waals surface area contributed by atoms with Gasteiger partial charge in [-0.1, -0.05) is 11.3 Å².